The number of hydrogen-bond acceptors (Lipinski definition) is 5. The number of imide groups is 1. The molecule has 3 aromatic rings. The van der Waals surface area contributed by atoms with Crippen molar-refractivity contribution >= 4 is 23.7 Å². The average molecular weight is 551 g/mol. The molecule has 1 heterocycles. The Morgan fingerprint density at radius 2 is 1.27 bits per heavy atom. The third kappa shape index (κ3) is 4.94. The van der Waals surface area contributed by atoms with E-state index in [1.54, 1.807) is 0 Å². The Hall–Kier alpha value is -4.26. The molecule has 7 nitrogen and oxygen atoms in total. The van der Waals surface area contributed by atoms with Gasteiger partial charge >= 0.3 is 5.97 Å². The second-order valence-corrected chi connectivity index (χ2v) is 11.3. The number of carbonyl (C=O) groups is 4. The quantitative estimate of drug-likeness (QED) is 0.221. The fourth-order valence-electron chi connectivity index (χ4n) is 7.00. The zero-order valence-corrected chi connectivity index (χ0v) is 23.1. The number of amides is 3. The molecule has 0 aromatic heterocycles. The number of nitrogens with one attached hydrogen (secondary N) is 1. The van der Waals surface area contributed by atoms with Gasteiger partial charge in [-0.1, -0.05) is 85.3 Å². The zero-order chi connectivity index (χ0) is 28.5. The number of likely N-dealkylation sites (tertiary alicyclic amines) is 1. The van der Waals surface area contributed by atoms with E-state index in [-0.39, 0.29) is 60.5 Å². The van der Waals surface area contributed by atoms with Crippen molar-refractivity contribution < 1.29 is 23.9 Å². The summed E-state index contributed by atoms with van der Waals surface area (Å²) in [4.78, 5) is 53.1. The van der Waals surface area contributed by atoms with E-state index in [0.717, 1.165) is 5.56 Å². The Morgan fingerprint density at radius 1 is 0.756 bits per heavy atom. The van der Waals surface area contributed by atoms with Crippen molar-refractivity contribution in [2.75, 3.05) is 13.2 Å². The predicted molar refractivity (Wildman–Crippen MR) is 153 cm³/mol. The van der Waals surface area contributed by atoms with Gasteiger partial charge in [-0.25, -0.2) is 0 Å². The first-order valence-electron chi connectivity index (χ1n) is 14.5. The maximum atomic E-state index is 13.6. The van der Waals surface area contributed by atoms with Crippen molar-refractivity contribution in [3.05, 3.63) is 107 Å². The van der Waals surface area contributed by atoms with E-state index in [1.165, 1.54) is 27.2 Å². The van der Waals surface area contributed by atoms with Crippen LogP contribution in [0.15, 0.2) is 78.9 Å². The molecule has 0 unspecified atom stereocenters. The Morgan fingerprint density at radius 3 is 1.80 bits per heavy atom. The maximum absolute atomic E-state index is 13.6. The average Bonchev–Trinajstić information content (AvgIpc) is 3.25. The molecule has 0 radical (unpaired) electrons. The molecular weight excluding hydrogens is 516 g/mol. The molecule has 3 aromatic carbocycles. The van der Waals surface area contributed by atoms with E-state index in [0.29, 0.717) is 25.8 Å². The van der Waals surface area contributed by atoms with Crippen LogP contribution in [0.3, 0.4) is 0 Å². The number of benzene rings is 3. The second kappa shape index (κ2) is 11.3. The van der Waals surface area contributed by atoms with E-state index in [9.17, 15) is 19.2 Å². The summed E-state index contributed by atoms with van der Waals surface area (Å²) >= 11 is 0. The summed E-state index contributed by atoms with van der Waals surface area (Å²) in [5.74, 6) is -1.84. The number of rotatable bonds is 10. The van der Waals surface area contributed by atoms with E-state index in [2.05, 4.69) is 29.6 Å². The first-order valence-corrected chi connectivity index (χ1v) is 14.5. The minimum absolute atomic E-state index is 0.0749. The highest BCUT2D eigenvalue weighted by molar-refractivity contribution is 6.07. The van der Waals surface area contributed by atoms with Gasteiger partial charge in [0.2, 0.25) is 11.8 Å². The van der Waals surface area contributed by atoms with Gasteiger partial charge in [0.15, 0.2) is 6.61 Å². The fourth-order valence-corrected chi connectivity index (χ4v) is 7.00. The van der Waals surface area contributed by atoms with Crippen molar-refractivity contribution in [2.45, 2.75) is 50.5 Å². The van der Waals surface area contributed by atoms with Crippen molar-refractivity contribution in [3.8, 4) is 0 Å². The van der Waals surface area contributed by atoms with Gasteiger partial charge in [0, 0.05) is 24.8 Å². The number of ether oxygens (including phenoxy) is 1. The van der Waals surface area contributed by atoms with Gasteiger partial charge in [-0.2, -0.15) is 0 Å². The van der Waals surface area contributed by atoms with Crippen LogP contribution >= 0.6 is 0 Å². The van der Waals surface area contributed by atoms with Gasteiger partial charge < -0.3 is 10.1 Å². The van der Waals surface area contributed by atoms with Gasteiger partial charge in [-0.3, -0.25) is 24.1 Å². The van der Waals surface area contributed by atoms with Gasteiger partial charge in [-0.05, 0) is 47.6 Å². The van der Waals surface area contributed by atoms with Crippen LogP contribution < -0.4 is 5.32 Å². The fraction of sp³-hybridized carbons (Fsp3) is 0.353. The topological polar surface area (TPSA) is 92.8 Å². The number of carbonyl (C=O) groups excluding carboxylic acids is 4. The minimum atomic E-state index is -0.432. The molecular formula is C34H34N2O5. The lowest BCUT2D eigenvalue weighted by Gasteiger charge is -2.45. The predicted octanol–water partition coefficient (Wildman–Crippen LogP) is 4.86. The molecule has 7 rings (SSSR count). The molecule has 3 aliphatic carbocycles. The van der Waals surface area contributed by atoms with Gasteiger partial charge in [0.25, 0.3) is 5.91 Å². The highest BCUT2D eigenvalue weighted by Crippen LogP contribution is 2.60. The van der Waals surface area contributed by atoms with E-state index in [4.69, 9.17) is 4.74 Å². The van der Waals surface area contributed by atoms with Gasteiger partial charge in [0.1, 0.15) is 0 Å². The van der Waals surface area contributed by atoms with Crippen molar-refractivity contribution in [2.24, 2.45) is 11.8 Å². The number of nitrogens with zero attached hydrogens (tertiary/aromatic N) is 1. The summed E-state index contributed by atoms with van der Waals surface area (Å²) in [6.45, 7) is 1.91. The van der Waals surface area contributed by atoms with E-state index < -0.39 is 5.97 Å². The highest BCUT2D eigenvalue weighted by atomic mass is 16.5. The molecule has 3 amide bonds. The molecule has 1 fully saturated rings. The summed E-state index contributed by atoms with van der Waals surface area (Å²) in [5, 5.41) is 2.83. The zero-order valence-electron chi connectivity index (χ0n) is 23.1. The summed E-state index contributed by atoms with van der Waals surface area (Å²) in [7, 11) is 0. The summed E-state index contributed by atoms with van der Waals surface area (Å²) in [6.07, 6.45) is 2.04. The third-order valence-corrected chi connectivity index (χ3v) is 8.84. The molecule has 2 bridgehead atoms. The third-order valence-electron chi connectivity index (χ3n) is 8.84. The van der Waals surface area contributed by atoms with Gasteiger partial charge in [-0.15, -0.1) is 0 Å². The van der Waals surface area contributed by atoms with E-state index >= 15 is 0 Å². The molecule has 210 valence electrons. The molecule has 1 N–H and O–H groups in total. The maximum Gasteiger partial charge on any atom is 0.306 e. The lowest BCUT2D eigenvalue weighted by atomic mass is 9.55. The monoisotopic (exact) mass is 550 g/mol. The molecule has 3 atom stereocenters. The van der Waals surface area contributed by atoms with Crippen LogP contribution in [0.2, 0.25) is 0 Å². The SMILES string of the molecule is C[C@H](NC(=O)COC(=O)CCCCCN1C(=O)[C@H]2C3c4ccccc4C(c4ccccc43)[C@@H]2C1=O)c1ccccc1. The van der Waals surface area contributed by atoms with Crippen LogP contribution in [0, 0.1) is 11.8 Å². The molecule has 1 aliphatic heterocycles. The molecule has 0 saturated carbocycles. The molecule has 7 heteroatoms. The molecule has 41 heavy (non-hydrogen) atoms. The smallest absolute Gasteiger partial charge is 0.306 e. The van der Waals surface area contributed by atoms with E-state index in [1.807, 2.05) is 61.5 Å². The first kappa shape index (κ1) is 26.9. The Labute approximate surface area is 239 Å². The Kier molecular flexibility index (Phi) is 7.43. The number of unbranched alkanes of at least 4 members (excludes halogenated alkanes) is 2. The number of hydrogen-bond donors (Lipinski definition) is 1. The Balaban J connectivity index is 0.985. The first-order chi connectivity index (χ1) is 20.0. The standard InChI is InChI=1S/C34H34N2O5/c1-21(22-12-4-2-5-13-22)35-27(37)20-41-28(38)18-6-3-11-19-36-33(39)31-29-23-14-7-8-15-24(23)30(32(31)34(36)40)26-17-10-9-16-25(26)29/h2,4-5,7-10,12-17,21,29-32H,3,6,11,18-20H2,1H3,(H,35,37)/t21-,29?,30?,31-,32-/m0/s1. The highest BCUT2D eigenvalue weighted by Gasteiger charge is 2.61. The molecule has 1 saturated heterocycles. The van der Waals surface area contributed by atoms with Crippen molar-refractivity contribution in [1.82, 2.24) is 10.2 Å². The van der Waals surface area contributed by atoms with Crippen LogP contribution in [0.25, 0.3) is 0 Å². The summed E-state index contributed by atoms with van der Waals surface area (Å²) in [6, 6.07) is 25.9. The minimum Gasteiger partial charge on any atom is -0.456 e. The Bertz CT molecular complexity index is 1370. The molecule has 0 spiro atoms. The largest absolute Gasteiger partial charge is 0.456 e. The summed E-state index contributed by atoms with van der Waals surface area (Å²) < 4.78 is 5.14. The second-order valence-electron chi connectivity index (χ2n) is 11.3. The van der Waals surface area contributed by atoms with Crippen LogP contribution in [0.4, 0.5) is 0 Å². The van der Waals surface area contributed by atoms with Crippen LogP contribution in [-0.4, -0.2) is 41.7 Å². The van der Waals surface area contributed by atoms with Crippen molar-refractivity contribution in [1.29, 1.82) is 0 Å². The lowest BCUT2D eigenvalue weighted by Crippen LogP contribution is -2.41. The lowest BCUT2D eigenvalue weighted by molar-refractivity contribution is -0.148. The van der Waals surface area contributed by atoms with Crippen LogP contribution in [0.5, 0.6) is 0 Å². The van der Waals surface area contributed by atoms with Crippen molar-refractivity contribution in [3.63, 3.8) is 0 Å². The van der Waals surface area contributed by atoms with Crippen LogP contribution in [0.1, 0.15) is 78.3 Å². The normalized spacial score (nSPS) is 22.5. The summed E-state index contributed by atoms with van der Waals surface area (Å²) in [5.41, 5.74) is 5.65. The molecule has 4 aliphatic rings. The van der Waals surface area contributed by atoms with Crippen LogP contribution in [-0.2, 0) is 23.9 Å². The number of esters is 1. The van der Waals surface area contributed by atoms with Gasteiger partial charge in [0.05, 0.1) is 17.9 Å².